The van der Waals surface area contributed by atoms with Crippen molar-refractivity contribution in [2.75, 3.05) is 39.5 Å². The molecule has 0 saturated heterocycles. The van der Waals surface area contributed by atoms with E-state index in [0.717, 1.165) is 17.7 Å². The summed E-state index contributed by atoms with van der Waals surface area (Å²) in [6, 6.07) is 6.18. The smallest absolute Gasteiger partial charge is 0.211 e. The predicted molar refractivity (Wildman–Crippen MR) is 127 cm³/mol. The summed E-state index contributed by atoms with van der Waals surface area (Å²) in [5.74, 6) is 1.57. The minimum absolute atomic E-state index is 0. The number of benzene rings is 1. The molecule has 1 rings (SSSR count). The highest BCUT2D eigenvalue weighted by Crippen LogP contribution is 2.20. The standard InChI is InChI=1S/C19H34N4O3S.HI/c1-6-13-26-18-14-16(3)9-10-17(18)15-22-19(20-4)21-11-8-12-23(7-2)27(5,24)25;/h9-10,14H,6-8,11-13,15H2,1-5H3,(H2,20,21,22);1H. The molecule has 0 amide bonds. The number of aryl methyl sites for hydroxylation is 1. The molecular weight excluding hydrogens is 491 g/mol. The van der Waals surface area contributed by atoms with Crippen LogP contribution in [-0.4, -0.2) is 58.2 Å². The predicted octanol–water partition coefficient (Wildman–Crippen LogP) is 2.74. The number of rotatable bonds is 11. The molecule has 0 fully saturated rings. The molecule has 0 aromatic heterocycles. The van der Waals surface area contributed by atoms with Gasteiger partial charge in [0.25, 0.3) is 0 Å². The molecule has 0 spiro atoms. The van der Waals surface area contributed by atoms with E-state index in [-0.39, 0.29) is 24.0 Å². The highest BCUT2D eigenvalue weighted by molar-refractivity contribution is 14.0. The van der Waals surface area contributed by atoms with Gasteiger partial charge in [-0.2, -0.15) is 0 Å². The van der Waals surface area contributed by atoms with Gasteiger partial charge in [0.1, 0.15) is 5.75 Å². The van der Waals surface area contributed by atoms with E-state index in [4.69, 9.17) is 4.74 Å². The molecule has 0 bridgehead atoms. The molecule has 9 heteroatoms. The fourth-order valence-electron chi connectivity index (χ4n) is 2.57. The summed E-state index contributed by atoms with van der Waals surface area (Å²) in [5, 5.41) is 6.50. The molecule has 0 aliphatic rings. The Kier molecular flexibility index (Phi) is 13.5. The first-order chi connectivity index (χ1) is 12.8. The zero-order valence-electron chi connectivity index (χ0n) is 17.6. The van der Waals surface area contributed by atoms with E-state index >= 15 is 0 Å². The van der Waals surface area contributed by atoms with Crippen molar-refractivity contribution in [1.29, 1.82) is 0 Å². The summed E-state index contributed by atoms with van der Waals surface area (Å²) in [5.41, 5.74) is 2.24. The van der Waals surface area contributed by atoms with E-state index in [1.807, 2.05) is 19.9 Å². The molecule has 0 atom stereocenters. The van der Waals surface area contributed by atoms with E-state index in [2.05, 4.69) is 34.7 Å². The molecule has 7 nitrogen and oxygen atoms in total. The quantitative estimate of drug-likeness (QED) is 0.201. The average molecular weight is 526 g/mol. The molecule has 0 aliphatic heterocycles. The zero-order valence-corrected chi connectivity index (χ0v) is 20.8. The lowest BCUT2D eigenvalue weighted by Crippen LogP contribution is -2.39. The van der Waals surface area contributed by atoms with Crippen LogP contribution in [0.4, 0.5) is 0 Å². The van der Waals surface area contributed by atoms with E-state index < -0.39 is 10.0 Å². The third-order valence-electron chi connectivity index (χ3n) is 4.05. The summed E-state index contributed by atoms with van der Waals surface area (Å²) < 4.78 is 30.5. The van der Waals surface area contributed by atoms with Gasteiger partial charge >= 0.3 is 0 Å². The number of sulfonamides is 1. The van der Waals surface area contributed by atoms with Gasteiger partial charge in [0.05, 0.1) is 12.9 Å². The topological polar surface area (TPSA) is 83.0 Å². The summed E-state index contributed by atoms with van der Waals surface area (Å²) >= 11 is 0. The van der Waals surface area contributed by atoms with Gasteiger partial charge in [-0.05, 0) is 31.4 Å². The molecule has 0 unspecified atom stereocenters. The Morgan fingerprint density at radius 1 is 1.25 bits per heavy atom. The second kappa shape index (κ2) is 14.0. The van der Waals surface area contributed by atoms with Gasteiger partial charge in [-0.1, -0.05) is 26.0 Å². The van der Waals surface area contributed by atoms with E-state index in [1.54, 1.807) is 7.05 Å². The van der Waals surface area contributed by atoms with Gasteiger partial charge in [0.15, 0.2) is 5.96 Å². The fourth-order valence-corrected chi connectivity index (χ4v) is 3.50. The Bertz CT molecular complexity index is 711. The normalized spacial score (nSPS) is 11.9. The minimum Gasteiger partial charge on any atom is -0.493 e. The first-order valence-electron chi connectivity index (χ1n) is 9.43. The van der Waals surface area contributed by atoms with Crippen LogP contribution in [0.1, 0.15) is 37.8 Å². The maximum Gasteiger partial charge on any atom is 0.211 e. The number of nitrogens with one attached hydrogen (secondary N) is 2. The Labute approximate surface area is 187 Å². The van der Waals surface area contributed by atoms with Gasteiger partial charge in [-0.15, -0.1) is 24.0 Å². The lowest BCUT2D eigenvalue weighted by molar-refractivity contribution is 0.313. The maximum atomic E-state index is 11.6. The van der Waals surface area contributed by atoms with Crippen molar-refractivity contribution in [2.45, 2.75) is 40.2 Å². The number of guanidine groups is 1. The van der Waals surface area contributed by atoms with Gasteiger partial charge < -0.3 is 15.4 Å². The van der Waals surface area contributed by atoms with Crippen LogP contribution in [0, 0.1) is 6.92 Å². The van der Waals surface area contributed by atoms with Crippen molar-refractivity contribution in [1.82, 2.24) is 14.9 Å². The molecular formula is C19H35IN4O3S. The molecule has 28 heavy (non-hydrogen) atoms. The van der Waals surface area contributed by atoms with Crippen LogP contribution in [0.3, 0.4) is 0 Å². The number of hydrogen-bond donors (Lipinski definition) is 2. The Balaban J connectivity index is 0.00000729. The minimum atomic E-state index is -3.14. The van der Waals surface area contributed by atoms with Crippen molar-refractivity contribution >= 4 is 40.0 Å². The molecule has 1 aromatic rings. The Hall–Kier alpha value is -1.07. The van der Waals surface area contributed by atoms with Crippen molar-refractivity contribution in [3.8, 4) is 5.75 Å². The van der Waals surface area contributed by atoms with Crippen LogP contribution >= 0.6 is 24.0 Å². The number of ether oxygens (including phenoxy) is 1. The zero-order chi connectivity index (χ0) is 20.3. The van der Waals surface area contributed by atoms with Crippen molar-refractivity contribution in [2.24, 2.45) is 4.99 Å². The molecule has 2 N–H and O–H groups in total. The fraction of sp³-hybridized carbons (Fsp3) is 0.632. The highest BCUT2D eigenvalue weighted by atomic mass is 127. The number of halogens is 1. The van der Waals surface area contributed by atoms with E-state index in [1.165, 1.54) is 16.1 Å². The number of nitrogens with zero attached hydrogens (tertiary/aromatic N) is 2. The summed E-state index contributed by atoms with van der Waals surface area (Å²) in [7, 11) is -1.42. The molecule has 0 heterocycles. The van der Waals surface area contributed by atoms with Gasteiger partial charge in [0, 0.05) is 38.8 Å². The first kappa shape index (κ1) is 26.9. The van der Waals surface area contributed by atoms with Crippen LogP contribution < -0.4 is 15.4 Å². The van der Waals surface area contributed by atoms with Crippen molar-refractivity contribution in [3.05, 3.63) is 29.3 Å². The summed E-state index contributed by atoms with van der Waals surface area (Å²) in [6.07, 6.45) is 2.91. The maximum absolute atomic E-state index is 11.6. The number of aliphatic imine (C=N–C) groups is 1. The van der Waals surface area contributed by atoms with Crippen LogP contribution in [0.25, 0.3) is 0 Å². The highest BCUT2D eigenvalue weighted by Gasteiger charge is 2.13. The monoisotopic (exact) mass is 526 g/mol. The van der Waals surface area contributed by atoms with Crippen LogP contribution in [-0.2, 0) is 16.6 Å². The van der Waals surface area contributed by atoms with E-state index in [9.17, 15) is 8.42 Å². The third kappa shape index (κ3) is 9.92. The van der Waals surface area contributed by atoms with Crippen LogP contribution in [0.2, 0.25) is 0 Å². The largest absolute Gasteiger partial charge is 0.493 e. The van der Waals surface area contributed by atoms with E-state index in [0.29, 0.717) is 45.2 Å². The molecule has 0 saturated carbocycles. The van der Waals surface area contributed by atoms with Crippen molar-refractivity contribution < 1.29 is 13.2 Å². The van der Waals surface area contributed by atoms with Gasteiger partial charge in [-0.3, -0.25) is 4.99 Å². The Morgan fingerprint density at radius 2 is 1.96 bits per heavy atom. The average Bonchev–Trinajstić information content (AvgIpc) is 2.62. The van der Waals surface area contributed by atoms with Crippen molar-refractivity contribution in [3.63, 3.8) is 0 Å². The van der Waals surface area contributed by atoms with Crippen LogP contribution in [0.5, 0.6) is 5.75 Å². The summed E-state index contributed by atoms with van der Waals surface area (Å²) in [6.45, 7) is 8.89. The SMILES string of the molecule is CCCOc1cc(C)ccc1CNC(=NC)NCCCN(CC)S(C)(=O)=O.I. The first-order valence-corrected chi connectivity index (χ1v) is 11.3. The van der Waals surface area contributed by atoms with Gasteiger partial charge in [-0.25, -0.2) is 12.7 Å². The second-order valence-electron chi connectivity index (χ2n) is 6.42. The lowest BCUT2D eigenvalue weighted by atomic mass is 10.1. The van der Waals surface area contributed by atoms with Gasteiger partial charge in [0.2, 0.25) is 10.0 Å². The lowest BCUT2D eigenvalue weighted by Gasteiger charge is -2.18. The molecule has 0 aliphatic carbocycles. The second-order valence-corrected chi connectivity index (χ2v) is 8.40. The Morgan fingerprint density at radius 3 is 2.54 bits per heavy atom. The number of hydrogen-bond acceptors (Lipinski definition) is 4. The summed E-state index contributed by atoms with van der Waals surface area (Å²) in [4.78, 5) is 4.22. The third-order valence-corrected chi connectivity index (χ3v) is 5.43. The molecule has 162 valence electrons. The molecule has 0 radical (unpaired) electrons. The van der Waals surface area contributed by atoms with Crippen LogP contribution in [0.15, 0.2) is 23.2 Å². The molecule has 1 aromatic carbocycles.